The van der Waals surface area contributed by atoms with Gasteiger partial charge in [-0.15, -0.1) is 0 Å². The lowest BCUT2D eigenvalue weighted by atomic mass is 9.98. The molecule has 2 aromatic carbocycles. The van der Waals surface area contributed by atoms with Crippen molar-refractivity contribution >= 4 is 11.6 Å². The van der Waals surface area contributed by atoms with Crippen LogP contribution in [0.4, 0.5) is 5.69 Å². The van der Waals surface area contributed by atoms with Crippen molar-refractivity contribution in [3.05, 3.63) is 54.6 Å². The fourth-order valence-electron chi connectivity index (χ4n) is 3.44. The average Bonchev–Trinajstić information content (AvgIpc) is 2.62. The molecule has 1 heterocycles. The van der Waals surface area contributed by atoms with E-state index in [-0.39, 0.29) is 11.9 Å². The molecule has 3 rings (SSSR count). The van der Waals surface area contributed by atoms with Crippen molar-refractivity contribution < 1.29 is 4.79 Å². The molecule has 1 amide bonds. The summed E-state index contributed by atoms with van der Waals surface area (Å²) in [6.07, 6.45) is 2.45. The van der Waals surface area contributed by atoms with Crippen LogP contribution in [0.15, 0.2) is 54.6 Å². The van der Waals surface area contributed by atoms with Crippen molar-refractivity contribution in [3.63, 3.8) is 0 Å². The molecular formula is C21H26N2O. The van der Waals surface area contributed by atoms with Gasteiger partial charge in [0.2, 0.25) is 5.91 Å². The third-order valence-corrected chi connectivity index (χ3v) is 4.89. The Labute approximate surface area is 144 Å². The first kappa shape index (κ1) is 16.7. The van der Waals surface area contributed by atoms with E-state index in [4.69, 9.17) is 0 Å². The lowest BCUT2D eigenvalue weighted by Crippen LogP contribution is -2.46. The van der Waals surface area contributed by atoms with Crippen LogP contribution in [0, 0.1) is 5.92 Å². The zero-order valence-electron chi connectivity index (χ0n) is 14.5. The predicted molar refractivity (Wildman–Crippen MR) is 99.9 cm³/mol. The normalized spacial score (nSPS) is 19.7. The SMILES string of the molecule is C[C@H]1CCCN([C@@H](C)C(=O)Nc2ccccc2-c2ccccc2)C1. The van der Waals surface area contributed by atoms with E-state index in [1.807, 2.05) is 43.3 Å². The number of likely N-dealkylation sites (tertiary alicyclic amines) is 1. The smallest absolute Gasteiger partial charge is 0.241 e. The van der Waals surface area contributed by atoms with E-state index in [1.165, 1.54) is 12.8 Å². The standard InChI is InChI=1S/C21H26N2O/c1-16-9-8-14-23(15-16)17(2)21(24)22-20-13-7-6-12-19(20)18-10-4-3-5-11-18/h3-7,10-13,16-17H,8-9,14-15H2,1-2H3,(H,22,24)/t16-,17-/m0/s1. The number of hydrogen-bond donors (Lipinski definition) is 1. The first-order chi connectivity index (χ1) is 11.6. The van der Waals surface area contributed by atoms with Gasteiger partial charge in [-0.05, 0) is 43.9 Å². The van der Waals surface area contributed by atoms with Gasteiger partial charge in [0, 0.05) is 17.8 Å². The Morgan fingerprint density at radius 1 is 1.12 bits per heavy atom. The fraction of sp³-hybridized carbons (Fsp3) is 0.381. The quantitative estimate of drug-likeness (QED) is 0.904. The number of para-hydroxylation sites is 1. The van der Waals surface area contributed by atoms with Gasteiger partial charge < -0.3 is 5.32 Å². The van der Waals surface area contributed by atoms with Gasteiger partial charge in [0.1, 0.15) is 0 Å². The second-order valence-electron chi connectivity index (χ2n) is 6.82. The summed E-state index contributed by atoms with van der Waals surface area (Å²) < 4.78 is 0. The van der Waals surface area contributed by atoms with Crippen molar-refractivity contribution in [2.45, 2.75) is 32.7 Å². The number of nitrogens with zero attached hydrogens (tertiary/aromatic N) is 1. The second kappa shape index (κ2) is 7.63. The number of piperidine rings is 1. The van der Waals surface area contributed by atoms with Gasteiger partial charge in [-0.3, -0.25) is 9.69 Å². The molecule has 0 unspecified atom stereocenters. The molecule has 3 nitrogen and oxygen atoms in total. The minimum Gasteiger partial charge on any atom is -0.324 e. The van der Waals surface area contributed by atoms with E-state index in [1.54, 1.807) is 0 Å². The first-order valence-electron chi connectivity index (χ1n) is 8.84. The maximum atomic E-state index is 12.7. The lowest BCUT2D eigenvalue weighted by molar-refractivity contribution is -0.121. The summed E-state index contributed by atoms with van der Waals surface area (Å²) in [4.78, 5) is 15.0. The molecule has 1 saturated heterocycles. The highest BCUT2D eigenvalue weighted by Crippen LogP contribution is 2.28. The summed E-state index contributed by atoms with van der Waals surface area (Å²) >= 11 is 0. The molecule has 0 radical (unpaired) electrons. The summed E-state index contributed by atoms with van der Waals surface area (Å²) in [7, 11) is 0. The van der Waals surface area contributed by atoms with Crippen LogP contribution in [0.25, 0.3) is 11.1 Å². The third-order valence-electron chi connectivity index (χ3n) is 4.89. The number of amides is 1. The lowest BCUT2D eigenvalue weighted by Gasteiger charge is -2.34. The van der Waals surface area contributed by atoms with Crippen LogP contribution in [0.2, 0.25) is 0 Å². The highest BCUT2D eigenvalue weighted by molar-refractivity contribution is 5.98. The molecule has 3 heteroatoms. The van der Waals surface area contributed by atoms with E-state index in [9.17, 15) is 4.79 Å². The second-order valence-corrected chi connectivity index (χ2v) is 6.82. The molecule has 0 aliphatic carbocycles. The Kier molecular flexibility index (Phi) is 5.31. The van der Waals surface area contributed by atoms with Crippen LogP contribution >= 0.6 is 0 Å². The molecule has 1 N–H and O–H groups in total. The molecule has 1 aliphatic rings. The summed E-state index contributed by atoms with van der Waals surface area (Å²) in [5, 5.41) is 3.14. The number of carbonyl (C=O) groups is 1. The zero-order valence-corrected chi connectivity index (χ0v) is 14.5. The topological polar surface area (TPSA) is 32.3 Å². The summed E-state index contributed by atoms with van der Waals surface area (Å²) in [5.74, 6) is 0.748. The number of rotatable bonds is 4. The van der Waals surface area contributed by atoms with Gasteiger partial charge in [0.25, 0.3) is 0 Å². The number of hydrogen-bond acceptors (Lipinski definition) is 2. The molecule has 1 aliphatic heterocycles. The Hall–Kier alpha value is -2.13. The van der Waals surface area contributed by atoms with Gasteiger partial charge in [-0.2, -0.15) is 0 Å². The molecule has 126 valence electrons. The highest BCUT2D eigenvalue weighted by Gasteiger charge is 2.26. The van der Waals surface area contributed by atoms with Crippen LogP contribution in [0.1, 0.15) is 26.7 Å². The molecular weight excluding hydrogens is 296 g/mol. The molecule has 2 atom stereocenters. The maximum Gasteiger partial charge on any atom is 0.241 e. The van der Waals surface area contributed by atoms with Crippen LogP contribution in [-0.2, 0) is 4.79 Å². The molecule has 0 saturated carbocycles. The summed E-state index contributed by atoms with van der Waals surface area (Å²) in [5.41, 5.74) is 3.06. The van der Waals surface area contributed by atoms with Crippen LogP contribution in [-0.4, -0.2) is 29.9 Å². The number of nitrogens with one attached hydrogen (secondary N) is 1. The Morgan fingerprint density at radius 2 is 1.83 bits per heavy atom. The van der Waals surface area contributed by atoms with Gasteiger partial charge in [0.05, 0.1) is 6.04 Å². The number of carbonyl (C=O) groups excluding carboxylic acids is 1. The maximum absolute atomic E-state index is 12.7. The molecule has 0 spiro atoms. The molecule has 1 fully saturated rings. The third kappa shape index (κ3) is 3.85. The van der Waals surface area contributed by atoms with Crippen molar-refractivity contribution in [1.29, 1.82) is 0 Å². The van der Waals surface area contributed by atoms with Crippen LogP contribution in [0.3, 0.4) is 0 Å². The number of anilines is 1. The van der Waals surface area contributed by atoms with Gasteiger partial charge >= 0.3 is 0 Å². The van der Waals surface area contributed by atoms with Gasteiger partial charge in [-0.1, -0.05) is 55.5 Å². The Bertz CT molecular complexity index is 683. The van der Waals surface area contributed by atoms with E-state index in [0.29, 0.717) is 5.92 Å². The summed E-state index contributed by atoms with van der Waals surface area (Å²) in [6.45, 7) is 6.30. The molecule has 0 bridgehead atoms. The zero-order chi connectivity index (χ0) is 16.9. The highest BCUT2D eigenvalue weighted by atomic mass is 16.2. The van der Waals surface area contributed by atoms with E-state index in [0.717, 1.165) is 29.9 Å². The summed E-state index contributed by atoms with van der Waals surface area (Å²) in [6, 6.07) is 18.1. The first-order valence-corrected chi connectivity index (χ1v) is 8.84. The fourth-order valence-corrected chi connectivity index (χ4v) is 3.44. The van der Waals surface area contributed by atoms with E-state index < -0.39 is 0 Å². The Balaban J connectivity index is 1.75. The van der Waals surface area contributed by atoms with E-state index in [2.05, 4.69) is 35.3 Å². The number of benzene rings is 2. The molecule has 2 aromatic rings. The van der Waals surface area contributed by atoms with Crippen LogP contribution in [0.5, 0.6) is 0 Å². The minimum atomic E-state index is -0.100. The van der Waals surface area contributed by atoms with Crippen LogP contribution < -0.4 is 5.32 Å². The molecule has 0 aromatic heterocycles. The van der Waals surface area contributed by atoms with Gasteiger partial charge in [-0.25, -0.2) is 0 Å². The van der Waals surface area contributed by atoms with Crippen molar-refractivity contribution in [1.82, 2.24) is 4.90 Å². The molecule has 24 heavy (non-hydrogen) atoms. The average molecular weight is 322 g/mol. The van der Waals surface area contributed by atoms with Crippen molar-refractivity contribution in [2.75, 3.05) is 18.4 Å². The van der Waals surface area contributed by atoms with Crippen molar-refractivity contribution in [2.24, 2.45) is 5.92 Å². The monoisotopic (exact) mass is 322 g/mol. The minimum absolute atomic E-state index is 0.0764. The van der Waals surface area contributed by atoms with Gasteiger partial charge in [0.15, 0.2) is 0 Å². The van der Waals surface area contributed by atoms with Crippen molar-refractivity contribution in [3.8, 4) is 11.1 Å². The Morgan fingerprint density at radius 3 is 2.58 bits per heavy atom. The largest absolute Gasteiger partial charge is 0.324 e. The predicted octanol–water partition coefficient (Wildman–Crippen LogP) is 4.41. The van der Waals surface area contributed by atoms with E-state index >= 15 is 0 Å².